The number of hydrogen-bond donors (Lipinski definition) is 2. The molecule has 2 aromatic rings. The van der Waals surface area contributed by atoms with Gasteiger partial charge in [-0.3, -0.25) is 5.32 Å². The van der Waals surface area contributed by atoms with Gasteiger partial charge in [-0.05, 0) is 35.4 Å². The van der Waals surface area contributed by atoms with E-state index >= 15 is 0 Å². The third-order valence-electron chi connectivity index (χ3n) is 2.83. The van der Waals surface area contributed by atoms with Crippen molar-refractivity contribution < 1.29 is 14.6 Å². The van der Waals surface area contributed by atoms with Crippen molar-refractivity contribution in [2.75, 3.05) is 11.9 Å². The molecule has 22 heavy (non-hydrogen) atoms. The number of amides is 1. The predicted octanol–water partition coefficient (Wildman–Crippen LogP) is 3.96. The number of anilines is 1. The first-order chi connectivity index (χ1) is 10.7. The SMILES string of the molecule is C#CCOc1ccc(C=Cc2ccc(NC(=O)O)cc2)cc1. The molecular weight excluding hydrogens is 278 g/mol. The Labute approximate surface area is 129 Å². The van der Waals surface area contributed by atoms with Crippen molar-refractivity contribution in [3.8, 4) is 18.1 Å². The van der Waals surface area contributed by atoms with E-state index in [0.717, 1.165) is 16.9 Å². The maximum atomic E-state index is 10.5. The van der Waals surface area contributed by atoms with Crippen molar-refractivity contribution in [3.05, 3.63) is 59.7 Å². The molecule has 0 aliphatic carbocycles. The van der Waals surface area contributed by atoms with Gasteiger partial charge < -0.3 is 9.84 Å². The Balaban J connectivity index is 1.99. The lowest BCUT2D eigenvalue weighted by Crippen LogP contribution is -2.06. The zero-order valence-electron chi connectivity index (χ0n) is 11.8. The summed E-state index contributed by atoms with van der Waals surface area (Å²) in [7, 11) is 0. The van der Waals surface area contributed by atoms with Gasteiger partial charge >= 0.3 is 6.09 Å². The molecule has 4 nitrogen and oxygen atoms in total. The summed E-state index contributed by atoms with van der Waals surface area (Å²) in [6.45, 7) is 0.256. The van der Waals surface area contributed by atoms with Crippen LogP contribution in [0.4, 0.5) is 10.5 Å². The Morgan fingerprint density at radius 2 is 1.64 bits per heavy atom. The summed E-state index contributed by atoms with van der Waals surface area (Å²) >= 11 is 0. The van der Waals surface area contributed by atoms with E-state index in [2.05, 4.69) is 11.2 Å². The minimum Gasteiger partial charge on any atom is -0.481 e. The number of ether oxygens (including phenoxy) is 1. The van der Waals surface area contributed by atoms with Crippen LogP contribution in [0.2, 0.25) is 0 Å². The summed E-state index contributed by atoms with van der Waals surface area (Å²) in [5, 5.41) is 10.9. The molecule has 0 spiro atoms. The fourth-order valence-corrected chi connectivity index (χ4v) is 1.79. The number of carboxylic acid groups (broad SMARTS) is 1. The van der Waals surface area contributed by atoms with E-state index in [1.807, 2.05) is 48.6 Å². The molecular formula is C18H15NO3. The summed E-state index contributed by atoms with van der Waals surface area (Å²) in [6, 6.07) is 14.7. The molecule has 0 heterocycles. The number of benzene rings is 2. The number of nitrogens with one attached hydrogen (secondary N) is 1. The average Bonchev–Trinajstić information content (AvgIpc) is 2.53. The zero-order valence-corrected chi connectivity index (χ0v) is 11.8. The number of hydrogen-bond acceptors (Lipinski definition) is 2. The Kier molecular flexibility index (Phi) is 5.22. The summed E-state index contributed by atoms with van der Waals surface area (Å²) < 4.78 is 5.30. The van der Waals surface area contributed by atoms with E-state index in [9.17, 15) is 4.79 Å². The van der Waals surface area contributed by atoms with Gasteiger partial charge in [-0.2, -0.15) is 0 Å². The van der Waals surface area contributed by atoms with E-state index < -0.39 is 6.09 Å². The Morgan fingerprint density at radius 1 is 1.09 bits per heavy atom. The lowest BCUT2D eigenvalue weighted by atomic mass is 10.1. The van der Waals surface area contributed by atoms with Crippen molar-refractivity contribution >= 4 is 23.9 Å². The second-order valence-electron chi connectivity index (χ2n) is 4.45. The quantitative estimate of drug-likeness (QED) is 0.648. The molecule has 0 fully saturated rings. The molecule has 2 rings (SSSR count). The molecule has 0 saturated heterocycles. The van der Waals surface area contributed by atoms with Gasteiger partial charge in [0.25, 0.3) is 0 Å². The molecule has 0 atom stereocenters. The highest BCUT2D eigenvalue weighted by molar-refractivity contribution is 5.83. The lowest BCUT2D eigenvalue weighted by molar-refractivity contribution is 0.210. The molecule has 0 saturated carbocycles. The van der Waals surface area contributed by atoms with Gasteiger partial charge in [-0.15, -0.1) is 6.42 Å². The highest BCUT2D eigenvalue weighted by Crippen LogP contribution is 2.15. The normalized spacial score (nSPS) is 10.1. The van der Waals surface area contributed by atoms with Gasteiger partial charge in [0.2, 0.25) is 0 Å². The zero-order chi connectivity index (χ0) is 15.8. The summed E-state index contributed by atoms with van der Waals surface area (Å²) in [5.41, 5.74) is 2.55. The Hall–Kier alpha value is -3.19. The number of terminal acetylenes is 1. The number of rotatable bonds is 5. The molecule has 2 aromatic carbocycles. The van der Waals surface area contributed by atoms with E-state index in [0.29, 0.717) is 5.69 Å². The molecule has 0 unspecified atom stereocenters. The standard InChI is InChI=1S/C18H15NO3/c1-2-13-22-17-11-7-15(8-12-17)4-3-14-5-9-16(10-6-14)19-18(20)21/h1,3-12,19H,13H2,(H,20,21). The van der Waals surface area contributed by atoms with E-state index in [1.165, 1.54) is 0 Å². The van der Waals surface area contributed by atoms with E-state index in [1.54, 1.807) is 12.1 Å². The van der Waals surface area contributed by atoms with Gasteiger partial charge in [-0.25, -0.2) is 4.79 Å². The van der Waals surface area contributed by atoms with Crippen molar-refractivity contribution in [2.45, 2.75) is 0 Å². The summed E-state index contributed by atoms with van der Waals surface area (Å²) in [4.78, 5) is 10.5. The average molecular weight is 293 g/mol. The monoisotopic (exact) mass is 293 g/mol. The highest BCUT2D eigenvalue weighted by Gasteiger charge is 1.97. The summed E-state index contributed by atoms with van der Waals surface area (Å²) in [6.07, 6.45) is 7.97. The fraction of sp³-hybridized carbons (Fsp3) is 0.0556. The molecule has 0 aliphatic heterocycles. The molecule has 0 aromatic heterocycles. The van der Waals surface area contributed by atoms with E-state index in [4.69, 9.17) is 16.3 Å². The van der Waals surface area contributed by atoms with Crippen LogP contribution in [0, 0.1) is 12.3 Å². The molecule has 0 bridgehead atoms. The third kappa shape index (κ3) is 4.73. The van der Waals surface area contributed by atoms with Gasteiger partial charge in [-0.1, -0.05) is 42.3 Å². The van der Waals surface area contributed by atoms with Crippen molar-refractivity contribution in [3.63, 3.8) is 0 Å². The largest absolute Gasteiger partial charge is 0.481 e. The highest BCUT2D eigenvalue weighted by atomic mass is 16.5. The maximum absolute atomic E-state index is 10.5. The fourth-order valence-electron chi connectivity index (χ4n) is 1.79. The number of carbonyl (C=O) groups is 1. The predicted molar refractivity (Wildman–Crippen MR) is 87.8 cm³/mol. The topological polar surface area (TPSA) is 58.6 Å². The van der Waals surface area contributed by atoms with Crippen molar-refractivity contribution in [2.24, 2.45) is 0 Å². The van der Waals surface area contributed by atoms with Crippen LogP contribution in [0.1, 0.15) is 11.1 Å². The molecule has 1 amide bonds. The van der Waals surface area contributed by atoms with Crippen LogP contribution < -0.4 is 10.1 Å². The van der Waals surface area contributed by atoms with Crippen molar-refractivity contribution in [1.82, 2.24) is 0 Å². The van der Waals surface area contributed by atoms with Crippen LogP contribution in [0.5, 0.6) is 5.75 Å². The van der Waals surface area contributed by atoms with Gasteiger partial charge in [0, 0.05) is 5.69 Å². The third-order valence-corrected chi connectivity index (χ3v) is 2.83. The van der Waals surface area contributed by atoms with Crippen LogP contribution in [0.25, 0.3) is 12.2 Å². The van der Waals surface area contributed by atoms with Gasteiger partial charge in [0.05, 0.1) is 0 Å². The first kappa shape index (κ1) is 15.2. The first-order valence-corrected chi connectivity index (χ1v) is 6.62. The Bertz CT molecular complexity index is 695. The lowest BCUT2D eigenvalue weighted by Gasteiger charge is -2.02. The molecule has 0 radical (unpaired) electrons. The van der Waals surface area contributed by atoms with Crippen LogP contribution in [0.15, 0.2) is 48.5 Å². The maximum Gasteiger partial charge on any atom is 0.409 e. The summed E-state index contributed by atoms with van der Waals surface area (Å²) in [5.74, 6) is 3.15. The molecule has 2 N–H and O–H groups in total. The van der Waals surface area contributed by atoms with Crippen molar-refractivity contribution in [1.29, 1.82) is 0 Å². The Morgan fingerprint density at radius 3 is 2.14 bits per heavy atom. The van der Waals surface area contributed by atoms with Crippen LogP contribution in [0.3, 0.4) is 0 Å². The van der Waals surface area contributed by atoms with E-state index in [-0.39, 0.29) is 6.61 Å². The molecule has 4 heteroatoms. The van der Waals surface area contributed by atoms with Crippen LogP contribution >= 0.6 is 0 Å². The molecule has 110 valence electrons. The smallest absolute Gasteiger partial charge is 0.409 e. The first-order valence-electron chi connectivity index (χ1n) is 6.62. The van der Waals surface area contributed by atoms with Crippen LogP contribution in [-0.2, 0) is 0 Å². The second-order valence-corrected chi connectivity index (χ2v) is 4.45. The minimum absolute atomic E-state index is 0.256. The molecule has 0 aliphatic rings. The van der Waals surface area contributed by atoms with Gasteiger partial charge in [0.1, 0.15) is 12.4 Å². The van der Waals surface area contributed by atoms with Crippen LogP contribution in [-0.4, -0.2) is 17.8 Å². The minimum atomic E-state index is -1.07. The van der Waals surface area contributed by atoms with Gasteiger partial charge in [0.15, 0.2) is 0 Å². The second kappa shape index (κ2) is 7.55.